The Morgan fingerprint density at radius 3 is 2.67 bits per heavy atom. The van der Waals surface area contributed by atoms with Crippen molar-refractivity contribution in [3.8, 4) is 0 Å². The number of benzene rings is 1. The van der Waals surface area contributed by atoms with E-state index in [-0.39, 0.29) is 18.4 Å². The molecule has 2 aromatic heterocycles. The second-order valence-corrected chi connectivity index (χ2v) is 6.27. The minimum Gasteiger partial charge on any atom is -0.469 e. The van der Waals surface area contributed by atoms with Crippen LogP contribution in [0.1, 0.15) is 22.8 Å². The number of rotatable bonds is 6. The standard InChI is InChI=1S/C19H20N4O4/c1-13(18(25)27-2)10-22(11-14-6-4-3-5-7-14)17(24)15-8-9-16-20-21-19(26)23(16)12-15/h3-9,12-13H,10-11H2,1-2H3,(H,21,26)/t13-/m0/s1. The van der Waals surface area contributed by atoms with Crippen molar-refractivity contribution in [1.29, 1.82) is 0 Å². The highest BCUT2D eigenvalue weighted by Crippen LogP contribution is 2.14. The van der Waals surface area contributed by atoms with Crippen LogP contribution in [0.15, 0.2) is 53.5 Å². The molecule has 0 radical (unpaired) electrons. The number of ether oxygens (including phenoxy) is 1. The van der Waals surface area contributed by atoms with E-state index < -0.39 is 11.6 Å². The van der Waals surface area contributed by atoms with Gasteiger partial charge in [0.05, 0.1) is 18.6 Å². The van der Waals surface area contributed by atoms with Crippen LogP contribution in [0.25, 0.3) is 5.65 Å². The SMILES string of the molecule is COC(=O)[C@@H](C)CN(Cc1ccccc1)C(=O)c1ccc2n[nH]c(=O)n2c1. The fraction of sp³-hybridized carbons (Fsp3) is 0.263. The topological polar surface area (TPSA) is 96.8 Å². The molecule has 0 aliphatic rings. The average Bonchev–Trinajstić information content (AvgIpc) is 3.07. The van der Waals surface area contributed by atoms with E-state index in [0.29, 0.717) is 17.8 Å². The van der Waals surface area contributed by atoms with Gasteiger partial charge in [0.15, 0.2) is 5.65 Å². The first kappa shape index (κ1) is 18.4. The molecule has 1 atom stereocenters. The lowest BCUT2D eigenvalue weighted by atomic mass is 10.1. The Hall–Kier alpha value is -3.42. The van der Waals surface area contributed by atoms with Crippen molar-refractivity contribution in [3.05, 3.63) is 70.3 Å². The van der Waals surface area contributed by atoms with Gasteiger partial charge < -0.3 is 9.64 Å². The van der Waals surface area contributed by atoms with E-state index in [1.807, 2.05) is 30.3 Å². The molecule has 1 N–H and O–H groups in total. The van der Waals surface area contributed by atoms with Gasteiger partial charge >= 0.3 is 11.7 Å². The second kappa shape index (κ2) is 7.86. The predicted molar refractivity (Wildman–Crippen MR) is 98.2 cm³/mol. The number of carbonyl (C=O) groups excluding carboxylic acids is 2. The molecule has 3 rings (SSSR count). The van der Waals surface area contributed by atoms with Gasteiger partial charge in [-0.05, 0) is 17.7 Å². The molecule has 0 bridgehead atoms. The molecule has 8 nitrogen and oxygen atoms in total. The zero-order chi connectivity index (χ0) is 19.4. The first-order chi connectivity index (χ1) is 13.0. The molecule has 0 fully saturated rings. The molecule has 0 saturated carbocycles. The van der Waals surface area contributed by atoms with E-state index in [4.69, 9.17) is 4.74 Å². The summed E-state index contributed by atoms with van der Waals surface area (Å²) in [6.45, 7) is 2.24. The average molecular weight is 368 g/mol. The molecule has 0 aliphatic heterocycles. The number of H-pyrrole nitrogens is 1. The number of pyridine rings is 1. The summed E-state index contributed by atoms with van der Waals surface area (Å²) in [6.07, 6.45) is 1.45. The number of nitrogens with zero attached hydrogens (tertiary/aromatic N) is 3. The van der Waals surface area contributed by atoms with Gasteiger partial charge in [-0.2, -0.15) is 5.10 Å². The van der Waals surface area contributed by atoms with Crippen molar-refractivity contribution in [2.75, 3.05) is 13.7 Å². The minimum absolute atomic E-state index is 0.193. The smallest absolute Gasteiger partial charge is 0.347 e. The number of amides is 1. The molecule has 0 unspecified atom stereocenters. The van der Waals surface area contributed by atoms with Crippen LogP contribution in [-0.4, -0.2) is 45.0 Å². The molecule has 1 amide bonds. The lowest BCUT2D eigenvalue weighted by Crippen LogP contribution is -2.37. The largest absolute Gasteiger partial charge is 0.469 e. The third-order valence-electron chi connectivity index (χ3n) is 4.26. The van der Waals surface area contributed by atoms with Gasteiger partial charge in [-0.1, -0.05) is 37.3 Å². The van der Waals surface area contributed by atoms with E-state index in [1.165, 1.54) is 17.7 Å². The number of carbonyl (C=O) groups is 2. The summed E-state index contributed by atoms with van der Waals surface area (Å²) in [6, 6.07) is 12.7. The van der Waals surface area contributed by atoms with Gasteiger partial charge in [-0.15, -0.1) is 0 Å². The summed E-state index contributed by atoms with van der Waals surface area (Å²) >= 11 is 0. The number of aromatic amines is 1. The highest BCUT2D eigenvalue weighted by atomic mass is 16.5. The molecule has 0 spiro atoms. The van der Waals surface area contributed by atoms with Crippen LogP contribution in [0.4, 0.5) is 0 Å². The van der Waals surface area contributed by atoms with Gasteiger partial charge in [0.25, 0.3) is 5.91 Å². The quantitative estimate of drug-likeness (QED) is 0.665. The van der Waals surface area contributed by atoms with E-state index in [2.05, 4.69) is 10.2 Å². The van der Waals surface area contributed by atoms with Crippen molar-refractivity contribution in [1.82, 2.24) is 19.5 Å². The van der Waals surface area contributed by atoms with Crippen LogP contribution in [0.5, 0.6) is 0 Å². The molecule has 140 valence electrons. The predicted octanol–water partition coefficient (Wildman–Crippen LogP) is 1.47. The second-order valence-electron chi connectivity index (χ2n) is 6.27. The number of nitrogens with one attached hydrogen (secondary N) is 1. The highest BCUT2D eigenvalue weighted by molar-refractivity contribution is 5.94. The van der Waals surface area contributed by atoms with Gasteiger partial charge in [-0.3, -0.25) is 9.59 Å². The number of aromatic nitrogens is 3. The minimum atomic E-state index is -0.483. The molecule has 2 heterocycles. The van der Waals surface area contributed by atoms with Gasteiger partial charge in [0.2, 0.25) is 0 Å². The Morgan fingerprint density at radius 1 is 1.22 bits per heavy atom. The summed E-state index contributed by atoms with van der Waals surface area (Å²) < 4.78 is 6.05. The van der Waals surface area contributed by atoms with Gasteiger partial charge in [0.1, 0.15) is 0 Å². The number of hydrogen-bond donors (Lipinski definition) is 1. The van der Waals surface area contributed by atoms with Gasteiger partial charge in [-0.25, -0.2) is 14.3 Å². The van der Waals surface area contributed by atoms with E-state index in [1.54, 1.807) is 24.0 Å². The van der Waals surface area contributed by atoms with Crippen LogP contribution in [0.3, 0.4) is 0 Å². The number of hydrogen-bond acceptors (Lipinski definition) is 5. The fourth-order valence-electron chi connectivity index (χ4n) is 2.84. The summed E-state index contributed by atoms with van der Waals surface area (Å²) in [7, 11) is 1.32. The Kier molecular flexibility index (Phi) is 5.35. The lowest BCUT2D eigenvalue weighted by Gasteiger charge is -2.25. The molecule has 0 aliphatic carbocycles. The summed E-state index contributed by atoms with van der Waals surface area (Å²) in [5, 5.41) is 6.19. The van der Waals surface area contributed by atoms with Crippen molar-refractivity contribution in [2.24, 2.45) is 5.92 Å². The van der Waals surface area contributed by atoms with Crippen LogP contribution >= 0.6 is 0 Å². The monoisotopic (exact) mass is 368 g/mol. The normalized spacial score (nSPS) is 11.9. The molecule has 27 heavy (non-hydrogen) atoms. The maximum Gasteiger partial charge on any atom is 0.347 e. The molecule has 1 aromatic carbocycles. The lowest BCUT2D eigenvalue weighted by molar-refractivity contribution is -0.145. The molecule has 8 heteroatoms. The number of fused-ring (bicyclic) bond motifs is 1. The highest BCUT2D eigenvalue weighted by Gasteiger charge is 2.23. The van der Waals surface area contributed by atoms with Crippen LogP contribution in [-0.2, 0) is 16.1 Å². The first-order valence-corrected chi connectivity index (χ1v) is 8.47. The Balaban J connectivity index is 1.91. The van der Waals surface area contributed by atoms with Crippen molar-refractivity contribution in [3.63, 3.8) is 0 Å². The molecule has 3 aromatic rings. The fourth-order valence-corrected chi connectivity index (χ4v) is 2.84. The maximum absolute atomic E-state index is 13.1. The third-order valence-corrected chi connectivity index (χ3v) is 4.26. The van der Waals surface area contributed by atoms with Gasteiger partial charge in [0, 0.05) is 19.3 Å². The zero-order valence-corrected chi connectivity index (χ0v) is 15.1. The van der Waals surface area contributed by atoms with E-state index in [9.17, 15) is 14.4 Å². The van der Waals surface area contributed by atoms with Crippen molar-refractivity contribution >= 4 is 17.5 Å². The van der Waals surface area contributed by atoms with E-state index in [0.717, 1.165) is 5.56 Å². The Bertz CT molecular complexity index is 1010. The van der Waals surface area contributed by atoms with E-state index >= 15 is 0 Å². The van der Waals surface area contributed by atoms with Crippen molar-refractivity contribution in [2.45, 2.75) is 13.5 Å². The van der Waals surface area contributed by atoms with Crippen molar-refractivity contribution < 1.29 is 14.3 Å². The third kappa shape index (κ3) is 4.05. The van der Waals surface area contributed by atoms with Crippen LogP contribution in [0, 0.1) is 5.92 Å². The summed E-state index contributed by atoms with van der Waals surface area (Å²) in [5.41, 5.74) is 1.27. The maximum atomic E-state index is 13.1. The zero-order valence-electron chi connectivity index (χ0n) is 15.1. The molecule has 0 saturated heterocycles. The first-order valence-electron chi connectivity index (χ1n) is 8.47. The Morgan fingerprint density at radius 2 is 1.96 bits per heavy atom. The molecular weight excluding hydrogens is 348 g/mol. The molecular formula is C19H20N4O4. The van der Waals surface area contributed by atoms with Crippen LogP contribution in [0.2, 0.25) is 0 Å². The summed E-state index contributed by atoms with van der Waals surface area (Å²) in [5.74, 6) is -1.16. The Labute approximate surface area is 155 Å². The number of esters is 1. The summed E-state index contributed by atoms with van der Waals surface area (Å²) in [4.78, 5) is 38.3. The number of methoxy groups -OCH3 is 1. The van der Waals surface area contributed by atoms with Crippen LogP contribution < -0.4 is 5.69 Å².